The zero-order valence-corrected chi connectivity index (χ0v) is 17.5. The molecule has 0 atom stereocenters. The molecule has 0 saturated carbocycles. The summed E-state index contributed by atoms with van der Waals surface area (Å²) < 4.78 is 10.4. The number of hydrogen-bond donors (Lipinski definition) is 2. The van der Waals surface area contributed by atoms with Gasteiger partial charge in [-0.05, 0) is 61.0 Å². The minimum absolute atomic E-state index is 0.0299. The average Bonchev–Trinajstić information content (AvgIpc) is 2.39. The Morgan fingerprint density at radius 2 is 1.26 bits per heavy atom. The molecule has 0 aliphatic carbocycles. The van der Waals surface area contributed by atoms with E-state index < -0.39 is 23.4 Å². The zero-order valence-electron chi connectivity index (χ0n) is 17.5. The third-order valence-corrected chi connectivity index (χ3v) is 2.94. The van der Waals surface area contributed by atoms with Gasteiger partial charge >= 0.3 is 12.2 Å². The highest BCUT2D eigenvalue weighted by Crippen LogP contribution is 2.11. The number of aliphatic imine (C=N–C) groups is 1. The van der Waals surface area contributed by atoms with Crippen molar-refractivity contribution < 1.29 is 19.1 Å². The van der Waals surface area contributed by atoms with E-state index in [4.69, 9.17) is 9.47 Å². The number of hydrogen-bond acceptors (Lipinski definition) is 5. The van der Waals surface area contributed by atoms with Gasteiger partial charge in [0.25, 0.3) is 0 Å². The molecule has 27 heavy (non-hydrogen) atoms. The Bertz CT molecular complexity index is 661. The SMILES string of the molecule is Cc1cc(C)cc(CN=C(NC(=O)OC(C)(C)C)NC(=O)OC(C)(C)C)c1. The van der Waals surface area contributed by atoms with E-state index in [0.717, 1.165) is 16.7 Å². The Labute approximate surface area is 161 Å². The fraction of sp³-hybridized carbons (Fsp3) is 0.550. The van der Waals surface area contributed by atoms with Crippen LogP contribution in [0.3, 0.4) is 0 Å². The lowest BCUT2D eigenvalue weighted by atomic mass is 10.1. The molecule has 0 aliphatic heterocycles. The van der Waals surface area contributed by atoms with Crippen molar-refractivity contribution in [3.63, 3.8) is 0 Å². The first-order valence-corrected chi connectivity index (χ1v) is 8.85. The predicted octanol–water partition coefficient (Wildman–Crippen LogP) is 4.21. The van der Waals surface area contributed by atoms with Crippen molar-refractivity contribution in [1.29, 1.82) is 0 Å². The summed E-state index contributed by atoms with van der Waals surface area (Å²) in [4.78, 5) is 28.4. The molecule has 0 spiro atoms. The fourth-order valence-corrected chi connectivity index (χ4v) is 2.24. The second-order valence-corrected chi connectivity index (χ2v) is 8.41. The first-order valence-electron chi connectivity index (χ1n) is 8.85. The molecule has 0 bridgehead atoms. The normalized spacial score (nSPS) is 11.4. The van der Waals surface area contributed by atoms with Gasteiger partial charge in [0.1, 0.15) is 11.2 Å². The molecule has 2 amide bonds. The number of aryl methyl sites for hydroxylation is 2. The highest BCUT2D eigenvalue weighted by atomic mass is 16.6. The maximum Gasteiger partial charge on any atom is 0.414 e. The van der Waals surface area contributed by atoms with Gasteiger partial charge in [-0.2, -0.15) is 0 Å². The first-order chi connectivity index (χ1) is 12.2. The Kier molecular flexibility index (Phi) is 7.39. The fourth-order valence-electron chi connectivity index (χ4n) is 2.24. The quantitative estimate of drug-likeness (QED) is 0.597. The van der Waals surface area contributed by atoms with Crippen LogP contribution in [0.1, 0.15) is 58.2 Å². The summed E-state index contributed by atoms with van der Waals surface area (Å²) in [5.74, 6) is -0.0299. The van der Waals surface area contributed by atoms with Crippen LogP contribution < -0.4 is 10.6 Å². The van der Waals surface area contributed by atoms with E-state index in [9.17, 15) is 9.59 Å². The van der Waals surface area contributed by atoms with Gasteiger partial charge in [0.05, 0.1) is 6.54 Å². The Morgan fingerprint density at radius 1 is 0.852 bits per heavy atom. The Balaban J connectivity index is 2.94. The van der Waals surface area contributed by atoms with Gasteiger partial charge < -0.3 is 9.47 Å². The van der Waals surface area contributed by atoms with E-state index in [1.165, 1.54) is 0 Å². The monoisotopic (exact) mass is 377 g/mol. The molecule has 0 saturated heterocycles. The summed E-state index contributed by atoms with van der Waals surface area (Å²) in [7, 11) is 0. The van der Waals surface area contributed by atoms with Gasteiger partial charge in [0.2, 0.25) is 5.96 Å². The van der Waals surface area contributed by atoms with Gasteiger partial charge in [0.15, 0.2) is 0 Å². The third kappa shape index (κ3) is 10.2. The van der Waals surface area contributed by atoms with Crippen molar-refractivity contribution >= 4 is 18.1 Å². The van der Waals surface area contributed by atoms with E-state index in [0.29, 0.717) is 0 Å². The van der Waals surface area contributed by atoms with Crippen LogP contribution >= 0.6 is 0 Å². The number of rotatable bonds is 2. The molecule has 0 heterocycles. The second-order valence-electron chi connectivity index (χ2n) is 8.41. The number of carbonyl (C=O) groups is 2. The molecule has 0 unspecified atom stereocenters. The van der Waals surface area contributed by atoms with Crippen molar-refractivity contribution in [1.82, 2.24) is 10.6 Å². The Hall–Kier alpha value is -2.57. The first kappa shape index (κ1) is 22.5. The number of benzene rings is 1. The van der Waals surface area contributed by atoms with Crippen LogP contribution in [0.15, 0.2) is 23.2 Å². The molecule has 0 fully saturated rings. The van der Waals surface area contributed by atoms with Crippen LogP contribution in [-0.4, -0.2) is 29.3 Å². The zero-order chi connectivity index (χ0) is 20.8. The number of guanidine groups is 1. The van der Waals surface area contributed by atoms with Gasteiger partial charge in [-0.15, -0.1) is 0 Å². The van der Waals surface area contributed by atoms with Gasteiger partial charge in [-0.3, -0.25) is 10.6 Å². The average molecular weight is 377 g/mol. The second kappa shape index (κ2) is 8.88. The lowest BCUT2D eigenvalue weighted by Crippen LogP contribution is -2.47. The van der Waals surface area contributed by atoms with Crippen LogP contribution in [0, 0.1) is 13.8 Å². The smallest absolute Gasteiger partial charge is 0.414 e. The molecule has 1 rings (SSSR count). The number of alkyl carbamates (subject to hydrolysis) is 2. The molecule has 0 radical (unpaired) electrons. The van der Waals surface area contributed by atoms with E-state index in [1.54, 1.807) is 41.5 Å². The molecule has 0 aliphatic rings. The van der Waals surface area contributed by atoms with E-state index >= 15 is 0 Å². The van der Waals surface area contributed by atoms with Crippen molar-refractivity contribution in [2.75, 3.05) is 0 Å². The van der Waals surface area contributed by atoms with Crippen LogP contribution in [0.2, 0.25) is 0 Å². The highest BCUT2D eigenvalue weighted by molar-refractivity contribution is 6.01. The number of ether oxygens (including phenoxy) is 2. The largest absolute Gasteiger partial charge is 0.444 e. The molecule has 2 N–H and O–H groups in total. The lowest BCUT2D eigenvalue weighted by Gasteiger charge is -2.22. The van der Waals surface area contributed by atoms with Crippen LogP contribution in [-0.2, 0) is 16.0 Å². The van der Waals surface area contributed by atoms with Crippen LogP contribution in [0.25, 0.3) is 0 Å². The van der Waals surface area contributed by atoms with Gasteiger partial charge in [0, 0.05) is 0 Å². The van der Waals surface area contributed by atoms with E-state index in [2.05, 4.69) is 21.7 Å². The number of carbonyl (C=O) groups excluding carboxylic acids is 2. The van der Waals surface area contributed by atoms with Crippen LogP contribution in [0.4, 0.5) is 9.59 Å². The summed E-state index contributed by atoms with van der Waals surface area (Å²) in [6.45, 7) is 14.8. The van der Waals surface area contributed by atoms with E-state index in [1.807, 2.05) is 26.0 Å². The standard InChI is InChI=1S/C20H31N3O4/c1-13-9-14(2)11-15(10-13)12-21-16(22-17(24)26-19(3,4)5)23-18(25)27-20(6,7)8/h9-11H,12H2,1-8H3,(H2,21,22,23,24,25). The summed E-state index contributed by atoms with van der Waals surface area (Å²) in [6.07, 6.45) is -1.42. The summed E-state index contributed by atoms with van der Waals surface area (Å²) in [6, 6.07) is 6.05. The van der Waals surface area contributed by atoms with Crippen molar-refractivity contribution in [3.05, 3.63) is 34.9 Å². The molecule has 1 aromatic rings. The summed E-state index contributed by atoms with van der Waals surface area (Å²) in [5, 5.41) is 4.93. The molecule has 0 aromatic heterocycles. The maximum atomic E-state index is 12.0. The van der Waals surface area contributed by atoms with Gasteiger partial charge in [-0.25, -0.2) is 14.6 Å². The van der Waals surface area contributed by atoms with Crippen molar-refractivity contribution in [3.8, 4) is 0 Å². The minimum Gasteiger partial charge on any atom is -0.444 e. The third-order valence-electron chi connectivity index (χ3n) is 2.94. The number of amides is 2. The van der Waals surface area contributed by atoms with Crippen molar-refractivity contribution in [2.45, 2.75) is 73.1 Å². The molecular formula is C20H31N3O4. The van der Waals surface area contributed by atoms with Crippen molar-refractivity contribution in [2.24, 2.45) is 4.99 Å². The van der Waals surface area contributed by atoms with E-state index in [-0.39, 0.29) is 12.5 Å². The topological polar surface area (TPSA) is 89.0 Å². The van der Waals surface area contributed by atoms with Crippen LogP contribution in [0.5, 0.6) is 0 Å². The number of nitrogens with zero attached hydrogens (tertiary/aromatic N) is 1. The molecule has 1 aromatic carbocycles. The maximum absolute atomic E-state index is 12.0. The lowest BCUT2D eigenvalue weighted by molar-refractivity contribution is 0.0545. The molecule has 7 nitrogen and oxygen atoms in total. The Morgan fingerprint density at radius 3 is 1.63 bits per heavy atom. The molecular weight excluding hydrogens is 346 g/mol. The highest BCUT2D eigenvalue weighted by Gasteiger charge is 2.21. The minimum atomic E-state index is -0.710. The summed E-state index contributed by atoms with van der Waals surface area (Å²) in [5.41, 5.74) is 1.84. The van der Waals surface area contributed by atoms with Gasteiger partial charge in [-0.1, -0.05) is 29.3 Å². The molecule has 7 heteroatoms. The summed E-state index contributed by atoms with van der Waals surface area (Å²) >= 11 is 0. The number of nitrogens with one attached hydrogen (secondary N) is 2. The molecule has 150 valence electrons. The predicted molar refractivity (Wildman–Crippen MR) is 106 cm³/mol.